The molecule has 23 heavy (non-hydrogen) atoms. The molecule has 1 heterocycles. The molecule has 2 rings (SSSR count). The summed E-state index contributed by atoms with van der Waals surface area (Å²) >= 11 is 5.80. The molecule has 0 radical (unpaired) electrons. The number of nitrogens with zero attached hydrogens (tertiary/aromatic N) is 2. The summed E-state index contributed by atoms with van der Waals surface area (Å²) in [5.74, 6) is 0.789. The van der Waals surface area contributed by atoms with Gasteiger partial charge in [0.15, 0.2) is 5.82 Å². The Morgan fingerprint density at radius 1 is 1.30 bits per heavy atom. The van der Waals surface area contributed by atoms with Crippen molar-refractivity contribution < 1.29 is 9.32 Å². The quantitative estimate of drug-likeness (QED) is 0.829. The van der Waals surface area contributed by atoms with Crippen molar-refractivity contribution in [3.63, 3.8) is 0 Å². The summed E-state index contributed by atoms with van der Waals surface area (Å²) in [4.78, 5) is 16.4. The van der Waals surface area contributed by atoms with Crippen LogP contribution in [-0.4, -0.2) is 29.1 Å². The molecule has 0 aliphatic heterocycles. The lowest BCUT2D eigenvalue weighted by atomic mass is 10.2. The highest BCUT2D eigenvalue weighted by molar-refractivity contribution is 6.30. The molecule has 126 valence electrons. The first kappa shape index (κ1) is 19.4. The van der Waals surface area contributed by atoms with E-state index in [2.05, 4.69) is 20.8 Å². The number of carbonyl (C=O) groups excluding carboxylic acids is 1. The number of likely N-dealkylation sites (N-methyl/N-ethyl adjacent to an activating group) is 1. The molecule has 0 bridgehead atoms. The van der Waals surface area contributed by atoms with Crippen molar-refractivity contribution in [3.8, 4) is 0 Å². The zero-order valence-corrected chi connectivity index (χ0v) is 14.7. The fraction of sp³-hybridized carbons (Fsp3) is 0.400. The van der Waals surface area contributed by atoms with Crippen LogP contribution in [0.25, 0.3) is 0 Å². The van der Waals surface area contributed by atoms with Gasteiger partial charge in [-0.1, -0.05) is 16.8 Å². The number of amides is 1. The predicted molar refractivity (Wildman–Crippen MR) is 91.1 cm³/mol. The van der Waals surface area contributed by atoms with E-state index in [0.29, 0.717) is 28.7 Å². The largest absolute Gasteiger partial charge is 0.341 e. The van der Waals surface area contributed by atoms with E-state index in [1.165, 1.54) is 0 Å². The SMILES string of the molecule is CNC(C)Cc1noc(C(C)NC(=O)c2ccc(Cl)cc2)n1.Cl. The molecule has 0 aliphatic rings. The number of hydrogen-bond acceptors (Lipinski definition) is 5. The highest BCUT2D eigenvalue weighted by Gasteiger charge is 2.18. The maximum atomic E-state index is 12.1. The van der Waals surface area contributed by atoms with Gasteiger partial charge in [0.2, 0.25) is 5.89 Å². The molecule has 1 aromatic carbocycles. The Hall–Kier alpha value is -1.63. The lowest BCUT2D eigenvalue weighted by Gasteiger charge is -2.09. The van der Waals surface area contributed by atoms with Gasteiger partial charge < -0.3 is 15.2 Å². The van der Waals surface area contributed by atoms with Crippen LogP contribution < -0.4 is 10.6 Å². The second-order valence-corrected chi connectivity index (χ2v) is 5.58. The van der Waals surface area contributed by atoms with Gasteiger partial charge in [-0.05, 0) is 45.2 Å². The first-order valence-corrected chi connectivity index (χ1v) is 7.43. The van der Waals surface area contributed by atoms with Crippen molar-refractivity contribution in [2.75, 3.05) is 7.05 Å². The summed E-state index contributed by atoms with van der Waals surface area (Å²) in [6.07, 6.45) is 0.665. The first-order chi connectivity index (χ1) is 10.5. The third-order valence-corrected chi connectivity index (χ3v) is 3.54. The number of rotatable bonds is 6. The summed E-state index contributed by atoms with van der Waals surface area (Å²) in [7, 11) is 1.88. The van der Waals surface area contributed by atoms with E-state index in [9.17, 15) is 4.79 Å². The van der Waals surface area contributed by atoms with Gasteiger partial charge in [0.1, 0.15) is 6.04 Å². The Bertz CT molecular complexity index is 631. The third-order valence-electron chi connectivity index (χ3n) is 3.29. The topological polar surface area (TPSA) is 80.0 Å². The van der Waals surface area contributed by atoms with E-state index in [1.54, 1.807) is 31.2 Å². The number of carbonyl (C=O) groups is 1. The molecular formula is C15H20Cl2N4O2. The zero-order chi connectivity index (χ0) is 16.1. The average molecular weight is 359 g/mol. The van der Waals surface area contributed by atoms with Crippen molar-refractivity contribution in [3.05, 3.63) is 46.6 Å². The minimum Gasteiger partial charge on any atom is -0.341 e. The monoisotopic (exact) mass is 358 g/mol. The minimum atomic E-state index is -0.366. The minimum absolute atomic E-state index is 0. The van der Waals surface area contributed by atoms with Crippen molar-refractivity contribution in [2.24, 2.45) is 0 Å². The Kier molecular flexibility index (Phi) is 7.48. The van der Waals surface area contributed by atoms with Crippen molar-refractivity contribution in [1.82, 2.24) is 20.8 Å². The molecule has 0 saturated carbocycles. The molecule has 0 aliphatic carbocycles. The van der Waals surface area contributed by atoms with Crippen LogP contribution in [0.3, 0.4) is 0 Å². The van der Waals surface area contributed by atoms with Crippen LogP contribution in [0.4, 0.5) is 0 Å². The molecular weight excluding hydrogens is 339 g/mol. The fourth-order valence-electron chi connectivity index (χ4n) is 1.85. The Labute approximate surface area is 146 Å². The second-order valence-electron chi connectivity index (χ2n) is 5.14. The van der Waals surface area contributed by atoms with Gasteiger partial charge in [0.05, 0.1) is 0 Å². The highest BCUT2D eigenvalue weighted by atomic mass is 35.5. The number of halogens is 2. The lowest BCUT2D eigenvalue weighted by molar-refractivity contribution is 0.0932. The van der Waals surface area contributed by atoms with Crippen LogP contribution in [0.1, 0.15) is 42.0 Å². The Morgan fingerprint density at radius 3 is 2.57 bits per heavy atom. The van der Waals surface area contributed by atoms with Gasteiger partial charge in [-0.2, -0.15) is 4.98 Å². The van der Waals surface area contributed by atoms with Crippen LogP contribution in [0.5, 0.6) is 0 Å². The number of hydrogen-bond donors (Lipinski definition) is 2. The fourth-order valence-corrected chi connectivity index (χ4v) is 1.97. The van der Waals surface area contributed by atoms with Gasteiger partial charge in [-0.15, -0.1) is 12.4 Å². The van der Waals surface area contributed by atoms with E-state index in [1.807, 2.05) is 14.0 Å². The molecule has 0 saturated heterocycles. The van der Waals surface area contributed by atoms with Gasteiger partial charge in [0, 0.05) is 23.0 Å². The molecule has 2 aromatic rings. The number of benzene rings is 1. The van der Waals surface area contributed by atoms with E-state index in [0.717, 1.165) is 0 Å². The summed E-state index contributed by atoms with van der Waals surface area (Å²) < 4.78 is 5.20. The summed E-state index contributed by atoms with van der Waals surface area (Å²) in [5.41, 5.74) is 0.528. The molecule has 2 atom stereocenters. The maximum Gasteiger partial charge on any atom is 0.251 e. The van der Waals surface area contributed by atoms with Crippen molar-refractivity contribution in [1.29, 1.82) is 0 Å². The van der Waals surface area contributed by atoms with Crippen molar-refractivity contribution in [2.45, 2.75) is 32.4 Å². The van der Waals surface area contributed by atoms with Gasteiger partial charge in [-0.3, -0.25) is 4.79 Å². The Morgan fingerprint density at radius 2 is 1.96 bits per heavy atom. The smallest absolute Gasteiger partial charge is 0.251 e. The standard InChI is InChI=1S/C15H19ClN4O2.ClH/c1-9(17-3)8-13-19-15(22-20-13)10(2)18-14(21)11-4-6-12(16)7-5-11;/h4-7,9-10,17H,8H2,1-3H3,(H,18,21);1H. The molecule has 1 aromatic heterocycles. The molecule has 6 nitrogen and oxygen atoms in total. The molecule has 2 unspecified atom stereocenters. The van der Waals surface area contributed by atoms with Gasteiger partial charge >= 0.3 is 0 Å². The Balaban J connectivity index is 0.00000264. The molecule has 0 fully saturated rings. The van der Waals surface area contributed by atoms with E-state index < -0.39 is 0 Å². The van der Waals surface area contributed by atoms with Crippen LogP contribution in [0.2, 0.25) is 5.02 Å². The summed E-state index contributed by atoms with van der Waals surface area (Å²) in [6.45, 7) is 3.83. The zero-order valence-electron chi connectivity index (χ0n) is 13.2. The van der Waals surface area contributed by atoms with Crippen LogP contribution in [-0.2, 0) is 6.42 Å². The van der Waals surface area contributed by atoms with E-state index >= 15 is 0 Å². The number of aromatic nitrogens is 2. The summed E-state index contributed by atoms with van der Waals surface area (Å²) in [6, 6.07) is 6.56. The molecule has 2 N–H and O–H groups in total. The van der Waals surface area contributed by atoms with Crippen LogP contribution >= 0.6 is 24.0 Å². The van der Waals surface area contributed by atoms with E-state index in [4.69, 9.17) is 16.1 Å². The third kappa shape index (κ3) is 5.49. The highest BCUT2D eigenvalue weighted by Crippen LogP contribution is 2.13. The van der Waals surface area contributed by atoms with Crippen LogP contribution in [0.15, 0.2) is 28.8 Å². The summed E-state index contributed by atoms with van der Waals surface area (Å²) in [5, 5.41) is 10.4. The van der Waals surface area contributed by atoms with Gasteiger partial charge in [0.25, 0.3) is 5.91 Å². The second kappa shape index (κ2) is 8.86. The average Bonchev–Trinajstić information content (AvgIpc) is 2.96. The first-order valence-electron chi connectivity index (χ1n) is 7.05. The van der Waals surface area contributed by atoms with E-state index in [-0.39, 0.29) is 30.4 Å². The van der Waals surface area contributed by atoms with Crippen molar-refractivity contribution >= 4 is 29.9 Å². The molecule has 1 amide bonds. The number of nitrogens with one attached hydrogen (secondary N) is 2. The predicted octanol–water partition coefficient (Wildman–Crippen LogP) is 2.79. The maximum absolute atomic E-state index is 12.1. The molecule has 8 heteroatoms. The normalized spacial score (nSPS) is 13.0. The van der Waals surface area contributed by atoms with Crippen LogP contribution in [0, 0.1) is 0 Å². The molecule has 0 spiro atoms. The lowest BCUT2D eigenvalue weighted by Crippen LogP contribution is -2.27. The van der Waals surface area contributed by atoms with Gasteiger partial charge in [-0.25, -0.2) is 0 Å².